The van der Waals surface area contributed by atoms with Gasteiger partial charge in [-0.2, -0.15) is 0 Å². The van der Waals surface area contributed by atoms with Crippen LogP contribution in [0, 0.1) is 6.92 Å². The molecule has 6 heteroatoms. The van der Waals surface area contributed by atoms with E-state index in [-0.39, 0.29) is 5.91 Å². The summed E-state index contributed by atoms with van der Waals surface area (Å²) < 4.78 is 5.23. The highest BCUT2D eigenvalue weighted by Crippen LogP contribution is 2.33. The first-order valence-electron chi connectivity index (χ1n) is 9.21. The van der Waals surface area contributed by atoms with Crippen molar-refractivity contribution >= 4 is 28.8 Å². The molecule has 0 bridgehead atoms. The van der Waals surface area contributed by atoms with Gasteiger partial charge in [-0.05, 0) is 43.2 Å². The lowest BCUT2D eigenvalue weighted by Gasteiger charge is -2.16. The second-order valence-corrected chi connectivity index (χ2v) is 8.39. The van der Waals surface area contributed by atoms with Crippen LogP contribution in [0.2, 0.25) is 5.02 Å². The number of benzene rings is 2. The van der Waals surface area contributed by atoms with Gasteiger partial charge in [0.05, 0.1) is 12.8 Å². The second-order valence-electron chi connectivity index (χ2n) is 6.95. The van der Waals surface area contributed by atoms with Crippen molar-refractivity contribution in [3.8, 4) is 16.3 Å². The van der Waals surface area contributed by atoms with Crippen LogP contribution >= 0.6 is 22.9 Å². The Morgan fingerprint density at radius 3 is 2.75 bits per heavy atom. The number of methoxy groups -OCH3 is 1. The van der Waals surface area contributed by atoms with Crippen LogP contribution < -0.4 is 4.74 Å². The predicted molar refractivity (Wildman–Crippen MR) is 114 cm³/mol. The molecule has 1 aromatic heterocycles. The van der Waals surface area contributed by atoms with Crippen molar-refractivity contribution in [1.82, 2.24) is 9.88 Å². The molecule has 0 aliphatic carbocycles. The van der Waals surface area contributed by atoms with Crippen LogP contribution in [0.5, 0.6) is 5.75 Å². The number of carbonyl (C=O) groups is 1. The zero-order chi connectivity index (χ0) is 19.7. The Bertz CT molecular complexity index is 1000. The summed E-state index contributed by atoms with van der Waals surface area (Å²) in [5.74, 6) is 1.28. The monoisotopic (exact) mass is 412 g/mol. The smallest absolute Gasteiger partial charge is 0.265 e. The number of aromatic nitrogens is 1. The van der Waals surface area contributed by atoms with E-state index in [1.807, 2.05) is 48.2 Å². The van der Waals surface area contributed by atoms with Crippen LogP contribution in [-0.4, -0.2) is 36.0 Å². The van der Waals surface area contributed by atoms with Gasteiger partial charge in [-0.1, -0.05) is 35.9 Å². The number of hydrogen-bond donors (Lipinski definition) is 0. The molecule has 1 aliphatic heterocycles. The third kappa shape index (κ3) is 3.77. The average Bonchev–Trinajstić information content (AvgIpc) is 3.35. The molecule has 1 aliphatic rings. The number of hydrogen-bond acceptors (Lipinski definition) is 4. The van der Waals surface area contributed by atoms with Gasteiger partial charge in [-0.25, -0.2) is 4.98 Å². The fraction of sp³-hybridized carbons (Fsp3) is 0.273. The lowest BCUT2D eigenvalue weighted by Crippen LogP contribution is -2.28. The van der Waals surface area contributed by atoms with Gasteiger partial charge in [-0.15, -0.1) is 11.3 Å². The number of likely N-dealkylation sites (tertiary alicyclic amines) is 1. The molecule has 4 rings (SSSR count). The number of aryl methyl sites for hydroxylation is 1. The number of nitrogens with zero attached hydrogens (tertiary/aromatic N) is 2. The number of carbonyl (C=O) groups excluding carboxylic acids is 1. The number of rotatable bonds is 4. The van der Waals surface area contributed by atoms with E-state index < -0.39 is 0 Å². The van der Waals surface area contributed by atoms with Gasteiger partial charge in [0.25, 0.3) is 5.91 Å². The Labute approximate surface area is 173 Å². The zero-order valence-electron chi connectivity index (χ0n) is 15.8. The lowest BCUT2D eigenvalue weighted by atomic mass is 9.98. The Morgan fingerprint density at radius 2 is 2.04 bits per heavy atom. The van der Waals surface area contributed by atoms with Crippen molar-refractivity contribution in [3.05, 3.63) is 69.7 Å². The van der Waals surface area contributed by atoms with Crippen molar-refractivity contribution < 1.29 is 9.53 Å². The molecule has 1 fully saturated rings. The van der Waals surface area contributed by atoms with Gasteiger partial charge in [0.15, 0.2) is 0 Å². The molecular weight excluding hydrogens is 392 g/mol. The van der Waals surface area contributed by atoms with Crippen LogP contribution in [-0.2, 0) is 0 Å². The minimum Gasteiger partial charge on any atom is -0.497 e. The Kier molecular flexibility index (Phi) is 5.38. The van der Waals surface area contributed by atoms with E-state index in [0.29, 0.717) is 15.8 Å². The first-order valence-corrected chi connectivity index (χ1v) is 10.4. The Balaban J connectivity index is 1.50. The van der Waals surface area contributed by atoms with E-state index in [0.717, 1.165) is 41.5 Å². The van der Waals surface area contributed by atoms with E-state index >= 15 is 0 Å². The van der Waals surface area contributed by atoms with Gasteiger partial charge in [-0.3, -0.25) is 4.79 Å². The van der Waals surface area contributed by atoms with Crippen LogP contribution in [0.4, 0.5) is 0 Å². The van der Waals surface area contributed by atoms with E-state index in [9.17, 15) is 4.79 Å². The number of ether oxygens (including phenoxy) is 1. The van der Waals surface area contributed by atoms with Crippen LogP contribution in [0.15, 0.2) is 48.5 Å². The first kappa shape index (κ1) is 19.0. The van der Waals surface area contributed by atoms with E-state index in [4.69, 9.17) is 16.3 Å². The molecule has 1 saturated heterocycles. The molecule has 3 aromatic rings. The van der Waals surface area contributed by atoms with Gasteiger partial charge >= 0.3 is 0 Å². The van der Waals surface area contributed by atoms with E-state index in [1.165, 1.54) is 16.9 Å². The average molecular weight is 413 g/mol. The van der Waals surface area contributed by atoms with Crippen molar-refractivity contribution in [2.24, 2.45) is 0 Å². The highest BCUT2D eigenvalue weighted by atomic mass is 35.5. The van der Waals surface area contributed by atoms with Gasteiger partial charge in [0.1, 0.15) is 15.6 Å². The lowest BCUT2D eigenvalue weighted by molar-refractivity contribution is 0.0794. The maximum absolute atomic E-state index is 13.1. The molecule has 28 heavy (non-hydrogen) atoms. The summed E-state index contributed by atoms with van der Waals surface area (Å²) in [5.41, 5.74) is 2.96. The number of halogens is 1. The highest BCUT2D eigenvalue weighted by molar-refractivity contribution is 7.17. The molecule has 0 N–H and O–H groups in total. The van der Waals surface area contributed by atoms with Crippen molar-refractivity contribution in [2.75, 3.05) is 20.2 Å². The van der Waals surface area contributed by atoms with Crippen molar-refractivity contribution in [3.63, 3.8) is 0 Å². The Hall–Kier alpha value is -2.37. The van der Waals surface area contributed by atoms with Gasteiger partial charge < -0.3 is 9.64 Å². The Morgan fingerprint density at radius 1 is 1.25 bits per heavy atom. The SMILES string of the molecule is COc1ccc(C2CCN(C(=O)c3sc(-c4cccc(Cl)c4)nc3C)C2)cc1. The van der Waals surface area contributed by atoms with E-state index in [2.05, 4.69) is 17.1 Å². The summed E-state index contributed by atoms with van der Waals surface area (Å²) in [5, 5.41) is 1.49. The summed E-state index contributed by atoms with van der Waals surface area (Å²) >= 11 is 7.54. The highest BCUT2D eigenvalue weighted by Gasteiger charge is 2.30. The topological polar surface area (TPSA) is 42.4 Å². The zero-order valence-corrected chi connectivity index (χ0v) is 17.4. The molecule has 2 heterocycles. The molecule has 1 amide bonds. The maximum Gasteiger partial charge on any atom is 0.265 e. The van der Waals surface area contributed by atoms with E-state index in [1.54, 1.807) is 7.11 Å². The molecule has 144 valence electrons. The molecule has 2 aromatic carbocycles. The summed E-state index contributed by atoms with van der Waals surface area (Å²) in [7, 11) is 1.67. The second kappa shape index (κ2) is 7.94. The molecule has 0 spiro atoms. The molecule has 1 unspecified atom stereocenters. The fourth-order valence-electron chi connectivity index (χ4n) is 3.58. The largest absolute Gasteiger partial charge is 0.497 e. The third-order valence-electron chi connectivity index (χ3n) is 5.13. The molecule has 0 radical (unpaired) electrons. The normalized spacial score (nSPS) is 16.4. The summed E-state index contributed by atoms with van der Waals surface area (Å²) in [4.78, 5) is 20.4. The quantitative estimate of drug-likeness (QED) is 0.575. The molecular formula is C22H21ClN2O2S. The first-order chi connectivity index (χ1) is 13.5. The standard InChI is InChI=1S/C22H21ClN2O2S/c1-14-20(28-21(24-14)16-4-3-5-18(23)12-16)22(26)25-11-10-17(13-25)15-6-8-19(27-2)9-7-15/h3-9,12,17H,10-11,13H2,1-2H3. The predicted octanol–water partition coefficient (Wildman–Crippen LogP) is 5.41. The minimum atomic E-state index is 0.0688. The molecule has 1 atom stereocenters. The number of thiazole rings is 1. The van der Waals surface area contributed by atoms with Crippen molar-refractivity contribution in [2.45, 2.75) is 19.3 Å². The van der Waals surface area contributed by atoms with Crippen LogP contribution in [0.1, 0.15) is 33.3 Å². The van der Waals surface area contributed by atoms with Gasteiger partial charge in [0.2, 0.25) is 0 Å². The van der Waals surface area contributed by atoms with Gasteiger partial charge in [0, 0.05) is 29.6 Å². The third-order valence-corrected chi connectivity index (χ3v) is 6.55. The number of amides is 1. The van der Waals surface area contributed by atoms with Crippen molar-refractivity contribution in [1.29, 1.82) is 0 Å². The van der Waals surface area contributed by atoms with Crippen LogP contribution in [0.3, 0.4) is 0 Å². The fourth-order valence-corrected chi connectivity index (χ4v) is 4.80. The minimum absolute atomic E-state index is 0.0688. The summed E-state index contributed by atoms with van der Waals surface area (Å²) in [6.07, 6.45) is 0.969. The van der Waals surface area contributed by atoms with Crippen LogP contribution in [0.25, 0.3) is 10.6 Å². The molecule has 4 nitrogen and oxygen atoms in total. The summed E-state index contributed by atoms with van der Waals surface area (Å²) in [6, 6.07) is 15.7. The maximum atomic E-state index is 13.1. The molecule has 0 saturated carbocycles. The summed E-state index contributed by atoms with van der Waals surface area (Å²) in [6.45, 7) is 3.39.